The molecule has 1 fully saturated rings. The normalized spacial score (nSPS) is 15.5. The number of rotatable bonds is 5. The topological polar surface area (TPSA) is 16.1 Å². The molecular weight excluding hydrogens is 380 g/mol. The lowest BCUT2D eigenvalue weighted by Crippen LogP contribution is -2.31. The highest BCUT2D eigenvalue weighted by Gasteiger charge is 2.18. The van der Waals surface area contributed by atoms with Gasteiger partial charge in [0.15, 0.2) is 0 Å². The monoisotopic (exact) mass is 402 g/mol. The summed E-state index contributed by atoms with van der Waals surface area (Å²) in [5, 5.41) is 0. The lowest BCUT2D eigenvalue weighted by molar-refractivity contribution is 0.268. The van der Waals surface area contributed by atoms with Crippen molar-refractivity contribution < 1.29 is 0 Å². The highest BCUT2D eigenvalue weighted by molar-refractivity contribution is 9.10. The Labute approximate surface area is 157 Å². The summed E-state index contributed by atoms with van der Waals surface area (Å²) in [5.41, 5.74) is 3.50. The molecule has 3 rings (SSSR count). The molecule has 4 heteroatoms. The van der Waals surface area contributed by atoms with Gasteiger partial charge in [0.1, 0.15) is 0 Å². The molecule has 0 amide bonds. The van der Waals surface area contributed by atoms with Crippen LogP contribution in [0.2, 0.25) is 0 Å². The molecule has 126 valence electrons. The van der Waals surface area contributed by atoms with Gasteiger partial charge in [-0.05, 0) is 58.5 Å². The van der Waals surface area contributed by atoms with Gasteiger partial charge in [-0.25, -0.2) is 0 Å². The van der Waals surface area contributed by atoms with Gasteiger partial charge in [-0.1, -0.05) is 25.6 Å². The summed E-state index contributed by atoms with van der Waals surface area (Å²) in [4.78, 5) is 8.10. The van der Waals surface area contributed by atoms with Crippen molar-refractivity contribution in [3.63, 3.8) is 0 Å². The summed E-state index contributed by atoms with van der Waals surface area (Å²) in [5.74, 6) is 1.74. The Kier molecular flexibility index (Phi) is 6.01. The van der Waals surface area contributed by atoms with E-state index in [1.54, 1.807) is 0 Å². The Balaban J connectivity index is 1.65. The maximum Gasteiger partial charge on any atom is 0.0382 e. The zero-order valence-corrected chi connectivity index (χ0v) is 16.4. The number of thioether (sulfide) groups is 1. The quantitative estimate of drug-likeness (QED) is 0.584. The summed E-state index contributed by atoms with van der Waals surface area (Å²) in [6.07, 6.45) is 6.40. The molecular formula is C20H23BrN2S. The van der Waals surface area contributed by atoms with Crippen LogP contribution in [0.5, 0.6) is 0 Å². The average Bonchev–Trinajstić information content (AvgIpc) is 2.61. The fraction of sp³-hybridized carbons (Fsp3) is 0.350. The third-order valence-corrected chi connectivity index (χ3v) is 6.62. The van der Waals surface area contributed by atoms with E-state index in [1.165, 1.54) is 23.3 Å². The first-order chi connectivity index (χ1) is 11.6. The molecule has 0 aliphatic carbocycles. The number of nitrogens with zero attached hydrogens (tertiary/aromatic N) is 2. The third kappa shape index (κ3) is 4.42. The zero-order valence-electron chi connectivity index (χ0n) is 14.0. The molecule has 1 aromatic heterocycles. The van der Waals surface area contributed by atoms with E-state index in [0.717, 1.165) is 40.5 Å². The van der Waals surface area contributed by atoms with Crippen molar-refractivity contribution in [1.82, 2.24) is 9.88 Å². The minimum atomic E-state index is 0.833. The molecule has 0 unspecified atom stereocenters. The predicted molar refractivity (Wildman–Crippen MR) is 107 cm³/mol. The number of hydrogen-bond donors (Lipinski definition) is 0. The van der Waals surface area contributed by atoms with Crippen molar-refractivity contribution in [2.75, 3.05) is 13.1 Å². The number of pyridine rings is 1. The van der Waals surface area contributed by atoms with Crippen LogP contribution in [0.1, 0.15) is 30.9 Å². The lowest BCUT2D eigenvalue weighted by Gasteiger charge is -2.33. The van der Waals surface area contributed by atoms with E-state index in [9.17, 15) is 0 Å². The first-order valence-corrected chi connectivity index (χ1v) is 10.2. The van der Waals surface area contributed by atoms with Crippen molar-refractivity contribution in [2.24, 2.45) is 5.92 Å². The smallest absolute Gasteiger partial charge is 0.0382 e. The minimum Gasteiger partial charge on any atom is -0.371 e. The Morgan fingerprint density at radius 3 is 2.79 bits per heavy atom. The van der Waals surface area contributed by atoms with Gasteiger partial charge in [-0.2, -0.15) is 0 Å². The van der Waals surface area contributed by atoms with Crippen LogP contribution in [0.25, 0.3) is 5.70 Å². The van der Waals surface area contributed by atoms with Crippen LogP contribution in [0.3, 0.4) is 0 Å². The number of aromatic nitrogens is 1. The second-order valence-electron chi connectivity index (χ2n) is 6.42. The Morgan fingerprint density at radius 2 is 2.04 bits per heavy atom. The molecule has 1 aromatic carbocycles. The van der Waals surface area contributed by atoms with E-state index < -0.39 is 0 Å². The van der Waals surface area contributed by atoms with Gasteiger partial charge >= 0.3 is 0 Å². The van der Waals surface area contributed by atoms with Crippen molar-refractivity contribution in [1.29, 1.82) is 0 Å². The van der Waals surface area contributed by atoms with Crippen molar-refractivity contribution in [3.05, 3.63) is 64.9 Å². The molecule has 1 saturated heterocycles. The maximum atomic E-state index is 4.44. The number of halogens is 1. The summed E-state index contributed by atoms with van der Waals surface area (Å²) in [7, 11) is 0. The highest BCUT2D eigenvalue weighted by Crippen LogP contribution is 2.30. The van der Waals surface area contributed by atoms with Gasteiger partial charge < -0.3 is 4.90 Å². The van der Waals surface area contributed by atoms with E-state index in [-0.39, 0.29) is 0 Å². The van der Waals surface area contributed by atoms with E-state index in [2.05, 4.69) is 63.6 Å². The van der Waals surface area contributed by atoms with Gasteiger partial charge in [-0.15, -0.1) is 11.8 Å². The van der Waals surface area contributed by atoms with E-state index in [0.29, 0.717) is 0 Å². The van der Waals surface area contributed by atoms with Gasteiger partial charge in [0, 0.05) is 51.9 Å². The maximum absolute atomic E-state index is 4.44. The number of likely N-dealkylation sites (tertiary alicyclic amines) is 1. The van der Waals surface area contributed by atoms with Crippen LogP contribution in [-0.4, -0.2) is 23.0 Å². The second kappa shape index (κ2) is 8.21. The molecule has 2 aromatic rings. The summed E-state index contributed by atoms with van der Waals surface area (Å²) in [6.45, 7) is 8.87. The SMILES string of the molecule is C=C(c1cncc(CSc2ccccc2Br)c1)N1CCC(C)CC1. The van der Waals surface area contributed by atoms with Crippen LogP contribution in [0, 0.1) is 5.92 Å². The van der Waals surface area contributed by atoms with Crippen molar-refractivity contribution >= 4 is 33.4 Å². The van der Waals surface area contributed by atoms with E-state index in [1.807, 2.05) is 30.2 Å². The molecule has 24 heavy (non-hydrogen) atoms. The molecule has 0 N–H and O–H groups in total. The zero-order chi connectivity index (χ0) is 16.9. The number of piperidine rings is 1. The molecule has 1 aliphatic rings. The van der Waals surface area contributed by atoms with E-state index in [4.69, 9.17) is 0 Å². The van der Waals surface area contributed by atoms with E-state index >= 15 is 0 Å². The molecule has 2 heterocycles. The molecule has 0 atom stereocenters. The first kappa shape index (κ1) is 17.6. The Hall–Kier alpha value is -1.26. The van der Waals surface area contributed by atoms with Crippen LogP contribution < -0.4 is 0 Å². The Bertz CT molecular complexity index is 708. The van der Waals surface area contributed by atoms with Gasteiger partial charge in [0.2, 0.25) is 0 Å². The average molecular weight is 403 g/mol. The van der Waals surface area contributed by atoms with Crippen LogP contribution in [0.4, 0.5) is 0 Å². The van der Waals surface area contributed by atoms with Crippen LogP contribution in [-0.2, 0) is 5.75 Å². The molecule has 0 spiro atoms. The van der Waals surface area contributed by atoms with Gasteiger partial charge in [0.05, 0.1) is 0 Å². The third-order valence-electron chi connectivity index (χ3n) is 4.52. The fourth-order valence-electron chi connectivity index (χ4n) is 2.91. The van der Waals surface area contributed by atoms with Crippen molar-refractivity contribution in [2.45, 2.75) is 30.4 Å². The largest absolute Gasteiger partial charge is 0.371 e. The number of hydrogen-bond acceptors (Lipinski definition) is 3. The van der Waals surface area contributed by atoms with Gasteiger partial charge in [0.25, 0.3) is 0 Å². The summed E-state index contributed by atoms with van der Waals surface area (Å²) < 4.78 is 1.14. The van der Waals surface area contributed by atoms with Crippen molar-refractivity contribution in [3.8, 4) is 0 Å². The molecule has 2 nitrogen and oxygen atoms in total. The molecule has 1 aliphatic heterocycles. The first-order valence-electron chi connectivity index (χ1n) is 8.39. The van der Waals surface area contributed by atoms with Crippen LogP contribution in [0.15, 0.2) is 58.7 Å². The van der Waals surface area contributed by atoms with Crippen LogP contribution >= 0.6 is 27.7 Å². The number of benzene rings is 1. The fourth-order valence-corrected chi connectivity index (χ4v) is 4.40. The predicted octanol–water partition coefficient (Wildman–Crippen LogP) is 5.84. The lowest BCUT2D eigenvalue weighted by atomic mass is 9.98. The molecule has 0 bridgehead atoms. The van der Waals surface area contributed by atoms with Gasteiger partial charge in [-0.3, -0.25) is 4.98 Å². The summed E-state index contributed by atoms with van der Waals surface area (Å²) in [6, 6.07) is 10.6. The standard InChI is InChI=1S/C20H23BrN2S/c1-15-7-9-23(10-8-15)16(2)18-11-17(12-22-13-18)14-24-20-6-4-3-5-19(20)21/h3-6,11-13,15H,2,7-10,14H2,1H3. The summed E-state index contributed by atoms with van der Waals surface area (Å²) >= 11 is 5.43. The Morgan fingerprint density at radius 1 is 1.29 bits per heavy atom. The highest BCUT2D eigenvalue weighted by atomic mass is 79.9. The molecule has 0 saturated carbocycles. The minimum absolute atomic E-state index is 0.833. The second-order valence-corrected chi connectivity index (χ2v) is 8.29. The molecule has 0 radical (unpaired) electrons.